The van der Waals surface area contributed by atoms with Gasteiger partial charge in [0.2, 0.25) is 0 Å². The second-order valence-corrected chi connectivity index (χ2v) is 3.62. The average molecular weight is 252 g/mol. The predicted octanol–water partition coefficient (Wildman–Crippen LogP) is 2.26. The number of aryl methyl sites for hydroxylation is 1. The summed E-state index contributed by atoms with van der Waals surface area (Å²) in [7, 11) is 0. The van der Waals surface area contributed by atoms with Gasteiger partial charge in [0.25, 0.3) is 0 Å². The molecule has 1 rings (SSSR count). The lowest BCUT2D eigenvalue weighted by molar-refractivity contribution is -0.142. The lowest BCUT2D eigenvalue weighted by Crippen LogP contribution is -2.11. The summed E-state index contributed by atoms with van der Waals surface area (Å²) in [6, 6.07) is 3.48. The van der Waals surface area contributed by atoms with Crippen molar-refractivity contribution in [1.82, 2.24) is 0 Å². The van der Waals surface area contributed by atoms with Gasteiger partial charge in [0.15, 0.2) is 0 Å². The molecule has 0 amide bonds. The Balaban J connectivity index is 2.93. The Kier molecular flexibility index (Phi) is 5.17. The summed E-state index contributed by atoms with van der Waals surface area (Å²) in [4.78, 5) is 22.3. The summed E-state index contributed by atoms with van der Waals surface area (Å²) in [5, 5.41) is 8.75. The molecule has 1 aromatic heterocycles. The van der Waals surface area contributed by atoms with Gasteiger partial charge in [0.1, 0.15) is 11.5 Å². The fourth-order valence-electron chi connectivity index (χ4n) is 1.40. The highest BCUT2D eigenvalue weighted by atomic mass is 16.5. The Bertz CT molecular complexity index is 456. The highest BCUT2D eigenvalue weighted by Gasteiger charge is 2.15. The van der Waals surface area contributed by atoms with Crippen LogP contribution in [-0.4, -0.2) is 23.7 Å². The molecular weight excluding hydrogens is 236 g/mol. The van der Waals surface area contributed by atoms with Crippen LogP contribution in [0.3, 0.4) is 0 Å². The zero-order chi connectivity index (χ0) is 13.5. The molecule has 5 nitrogen and oxygen atoms in total. The largest absolute Gasteiger partial charge is 0.481 e. The first kappa shape index (κ1) is 14.0. The van der Waals surface area contributed by atoms with Crippen LogP contribution in [0.15, 0.2) is 22.1 Å². The molecule has 0 aliphatic carbocycles. The number of aliphatic carboxylic acids is 1. The SMILES string of the molecule is CCOC(=O)/C(=C/c1ccc(CC)o1)CC(=O)O. The van der Waals surface area contributed by atoms with Crippen LogP contribution in [0.2, 0.25) is 0 Å². The van der Waals surface area contributed by atoms with Gasteiger partial charge in [0, 0.05) is 6.42 Å². The standard InChI is InChI=1S/C13H16O5/c1-3-10-5-6-11(18-10)7-9(8-12(14)15)13(16)17-4-2/h5-7H,3-4,8H2,1-2H3,(H,14,15)/b9-7+. The van der Waals surface area contributed by atoms with E-state index in [2.05, 4.69) is 0 Å². The minimum atomic E-state index is -1.09. The predicted molar refractivity (Wildman–Crippen MR) is 64.9 cm³/mol. The smallest absolute Gasteiger partial charge is 0.334 e. The van der Waals surface area contributed by atoms with Crippen LogP contribution in [0.4, 0.5) is 0 Å². The molecule has 0 unspecified atom stereocenters. The summed E-state index contributed by atoms with van der Waals surface area (Å²) >= 11 is 0. The summed E-state index contributed by atoms with van der Waals surface area (Å²) in [6.07, 6.45) is 1.76. The number of rotatable bonds is 6. The summed E-state index contributed by atoms with van der Waals surface area (Å²) in [5.74, 6) is -0.484. The van der Waals surface area contributed by atoms with Gasteiger partial charge in [-0.1, -0.05) is 6.92 Å². The third-order valence-electron chi connectivity index (χ3n) is 2.23. The van der Waals surface area contributed by atoms with Gasteiger partial charge in [-0.3, -0.25) is 4.79 Å². The first-order valence-corrected chi connectivity index (χ1v) is 5.75. The third-order valence-corrected chi connectivity index (χ3v) is 2.23. The first-order chi connectivity index (χ1) is 8.56. The number of carbonyl (C=O) groups excluding carboxylic acids is 1. The average Bonchev–Trinajstić information content (AvgIpc) is 2.75. The Hall–Kier alpha value is -2.04. The zero-order valence-corrected chi connectivity index (χ0v) is 10.4. The third kappa shape index (κ3) is 4.08. The number of hydrogen-bond donors (Lipinski definition) is 1. The van der Waals surface area contributed by atoms with Gasteiger partial charge in [0.05, 0.1) is 18.6 Å². The van der Waals surface area contributed by atoms with Gasteiger partial charge in [-0.2, -0.15) is 0 Å². The monoisotopic (exact) mass is 252 g/mol. The van der Waals surface area contributed by atoms with Crippen LogP contribution in [-0.2, 0) is 20.7 Å². The van der Waals surface area contributed by atoms with Crippen molar-refractivity contribution in [3.63, 3.8) is 0 Å². The van der Waals surface area contributed by atoms with E-state index >= 15 is 0 Å². The van der Waals surface area contributed by atoms with Gasteiger partial charge in [-0.15, -0.1) is 0 Å². The number of esters is 1. The molecule has 0 saturated carbocycles. The molecule has 0 radical (unpaired) electrons. The van der Waals surface area contributed by atoms with Crippen molar-refractivity contribution in [3.05, 3.63) is 29.2 Å². The first-order valence-electron chi connectivity index (χ1n) is 5.75. The number of hydrogen-bond acceptors (Lipinski definition) is 4. The Morgan fingerprint density at radius 1 is 1.39 bits per heavy atom. The lowest BCUT2D eigenvalue weighted by atomic mass is 10.1. The molecule has 0 fully saturated rings. The molecule has 0 aliphatic heterocycles. The van der Waals surface area contributed by atoms with E-state index in [4.69, 9.17) is 14.3 Å². The second-order valence-electron chi connectivity index (χ2n) is 3.62. The molecule has 98 valence electrons. The van der Waals surface area contributed by atoms with Crippen LogP contribution in [0.25, 0.3) is 6.08 Å². The molecule has 0 spiro atoms. The molecule has 1 N–H and O–H groups in total. The highest BCUT2D eigenvalue weighted by Crippen LogP contribution is 2.15. The van der Waals surface area contributed by atoms with Crippen LogP contribution < -0.4 is 0 Å². The minimum Gasteiger partial charge on any atom is -0.481 e. The van der Waals surface area contributed by atoms with Crippen molar-refractivity contribution >= 4 is 18.0 Å². The van der Waals surface area contributed by atoms with Crippen molar-refractivity contribution in [2.45, 2.75) is 26.7 Å². The Morgan fingerprint density at radius 3 is 2.61 bits per heavy atom. The Morgan fingerprint density at radius 2 is 2.11 bits per heavy atom. The second kappa shape index (κ2) is 6.64. The van der Waals surface area contributed by atoms with Crippen LogP contribution in [0.1, 0.15) is 31.8 Å². The fourth-order valence-corrected chi connectivity index (χ4v) is 1.40. The number of ether oxygens (including phenoxy) is 1. The normalized spacial score (nSPS) is 11.3. The van der Waals surface area contributed by atoms with Crippen molar-refractivity contribution in [1.29, 1.82) is 0 Å². The summed E-state index contributed by atoms with van der Waals surface area (Å²) in [5.41, 5.74) is 0.0707. The van der Waals surface area contributed by atoms with Gasteiger partial charge >= 0.3 is 11.9 Å². The molecule has 0 aliphatic rings. The highest BCUT2D eigenvalue weighted by molar-refractivity contribution is 5.97. The molecule has 1 heterocycles. The van der Waals surface area contributed by atoms with Gasteiger partial charge in [-0.05, 0) is 25.1 Å². The van der Waals surface area contributed by atoms with E-state index in [0.717, 1.165) is 12.2 Å². The van der Waals surface area contributed by atoms with Crippen molar-refractivity contribution < 1.29 is 23.8 Å². The summed E-state index contributed by atoms with van der Waals surface area (Å²) < 4.78 is 10.2. The molecule has 5 heteroatoms. The van der Waals surface area contributed by atoms with Crippen LogP contribution in [0, 0.1) is 0 Å². The van der Waals surface area contributed by atoms with E-state index in [-0.39, 0.29) is 18.6 Å². The molecule has 18 heavy (non-hydrogen) atoms. The maximum Gasteiger partial charge on any atom is 0.334 e. The number of carbonyl (C=O) groups is 2. The van der Waals surface area contributed by atoms with E-state index in [9.17, 15) is 9.59 Å². The van der Waals surface area contributed by atoms with Gasteiger partial charge in [-0.25, -0.2) is 4.79 Å². The fraction of sp³-hybridized carbons (Fsp3) is 0.385. The minimum absolute atomic E-state index is 0.0707. The maximum absolute atomic E-state index is 11.6. The van der Waals surface area contributed by atoms with Crippen molar-refractivity contribution in [2.24, 2.45) is 0 Å². The molecule has 1 aromatic rings. The van der Waals surface area contributed by atoms with E-state index in [1.165, 1.54) is 6.08 Å². The van der Waals surface area contributed by atoms with E-state index in [1.54, 1.807) is 19.1 Å². The Labute approximate surface area is 105 Å². The van der Waals surface area contributed by atoms with E-state index < -0.39 is 11.9 Å². The molecular formula is C13H16O5. The number of carboxylic acid groups (broad SMARTS) is 1. The van der Waals surface area contributed by atoms with Gasteiger partial charge < -0.3 is 14.3 Å². The molecule has 0 aromatic carbocycles. The van der Waals surface area contributed by atoms with Crippen molar-refractivity contribution in [3.8, 4) is 0 Å². The number of furan rings is 1. The molecule has 0 bridgehead atoms. The lowest BCUT2D eigenvalue weighted by Gasteiger charge is -2.03. The molecule has 0 saturated heterocycles. The van der Waals surface area contributed by atoms with Crippen molar-refractivity contribution in [2.75, 3.05) is 6.61 Å². The quantitative estimate of drug-likeness (QED) is 0.620. The molecule has 0 atom stereocenters. The maximum atomic E-state index is 11.6. The number of carboxylic acids is 1. The van der Waals surface area contributed by atoms with E-state index in [1.807, 2.05) is 6.92 Å². The van der Waals surface area contributed by atoms with Crippen LogP contribution in [0.5, 0.6) is 0 Å². The van der Waals surface area contributed by atoms with E-state index in [0.29, 0.717) is 5.76 Å². The topological polar surface area (TPSA) is 76.7 Å². The van der Waals surface area contributed by atoms with Crippen LogP contribution >= 0.6 is 0 Å². The zero-order valence-electron chi connectivity index (χ0n) is 10.4. The summed E-state index contributed by atoms with van der Waals surface area (Å²) in [6.45, 7) is 3.81.